The minimum absolute atomic E-state index is 0.307. The largest absolute Gasteiger partial charge is 0.493 e. The number of hydrogen-bond acceptors (Lipinski definition) is 6. The number of carbonyl (C=O) groups excluding carboxylic acids is 1. The first-order chi connectivity index (χ1) is 14.2. The van der Waals surface area contributed by atoms with E-state index in [1.165, 1.54) is 11.1 Å². The van der Waals surface area contributed by atoms with E-state index in [1.54, 1.807) is 44.7 Å². The van der Waals surface area contributed by atoms with Crippen molar-refractivity contribution in [1.29, 1.82) is 0 Å². The van der Waals surface area contributed by atoms with Crippen molar-refractivity contribution in [2.75, 3.05) is 31.0 Å². The van der Waals surface area contributed by atoms with Crippen LogP contribution in [0.1, 0.15) is 21.6 Å². The summed E-state index contributed by atoms with van der Waals surface area (Å²) in [5.41, 5.74) is 3.52. The van der Waals surface area contributed by atoms with Crippen LogP contribution < -0.4 is 19.7 Å². The number of benzene rings is 2. The van der Waals surface area contributed by atoms with Gasteiger partial charge >= 0.3 is 0 Å². The number of anilines is 2. The standard InChI is InChI=1S/C22H22N4O3/c1-28-19-8-7-17(13-20(19)29-2)24-21(27)18-9-11-23-22(25-18)26-12-10-15-5-3-4-6-16(15)14-26/h3-9,11,13H,10,12,14H2,1-2H3,(H,24,27). The Kier molecular flexibility index (Phi) is 5.29. The Morgan fingerprint density at radius 2 is 1.83 bits per heavy atom. The van der Waals surface area contributed by atoms with Gasteiger partial charge in [-0.3, -0.25) is 4.79 Å². The Morgan fingerprint density at radius 3 is 2.62 bits per heavy atom. The molecule has 0 aliphatic carbocycles. The molecule has 1 aliphatic rings. The second-order valence-electron chi connectivity index (χ2n) is 6.71. The van der Waals surface area contributed by atoms with E-state index < -0.39 is 0 Å². The van der Waals surface area contributed by atoms with Gasteiger partial charge in [0, 0.05) is 31.0 Å². The fourth-order valence-electron chi connectivity index (χ4n) is 3.40. The van der Waals surface area contributed by atoms with Crippen LogP contribution in [0.5, 0.6) is 11.5 Å². The molecule has 148 valence electrons. The second-order valence-corrected chi connectivity index (χ2v) is 6.71. The van der Waals surface area contributed by atoms with Gasteiger partial charge in [0.25, 0.3) is 5.91 Å². The minimum atomic E-state index is -0.307. The number of hydrogen-bond donors (Lipinski definition) is 1. The molecule has 0 fully saturated rings. The highest BCUT2D eigenvalue weighted by Gasteiger charge is 2.19. The van der Waals surface area contributed by atoms with Gasteiger partial charge in [-0.15, -0.1) is 0 Å². The monoisotopic (exact) mass is 390 g/mol. The van der Waals surface area contributed by atoms with Gasteiger partial charge in [-0.1, -0.05) is 24.3 Å². The lowest BCUT2D eigenvalue weighted by atomic mass is 10.0. The zero-order valence-corrected chi connectivity index (χ0v) is 16.4. The molecule has 0 saturated heterocycles. The molecule has 1 N–H and O–H groups in total. The number of rotatable bonds is 5. The SMILES string of the molecule is COc1ccc(NC(=O)c2ccnc(N3CCc4ccccc4C3)n2)cc1OC. The Morgan fingerprint density at radius 1 is 1.03 bits per heavy atom. The smallest absolute Gasteiger partial charge is 0.274 e. The molecule has 3 aromatic rings. The van der Waals surface area contributed by atoms with Crippen LogP contribution in [0.4, 0.5) is 11.6 Å². The molecule has 2 aromatic carbocycles. The zero-order chi connectivity index (χ0) is 20.2. The Labute approximate surface area is 169 Å². The van der Waals surface area contributed by atoms with E-state index in [1.807, 2.05) is 6.07 Å². The molecule has 1 aromatic heterocycles. The molecular weight excluding hydrogens is 368 g/mol. The van der Waals surface area contributed by atoms with Crippen LogP contribution >= 0.6 is 0 Å². The van der Waals surface area contributed by atoms with Gasteiger partial charge in [0.05, 0.1) is 14.2 Å². The third kappa shape index (κ3) is 3.99. The van der Waals surface area contributed by atoms with E-state index in [2.05, 4.69) is 38.4 Å². The van der Waals surface area contributed by atoms with Crippen molar-refractivity contribution in [2.24, 2.45) is 0 Å². The van der Waals surface area contributed by atoms with Crippen LogP contribution in [0.25, 0.3) is 0 Å². The summed E-state index contributed by atoms with van der Waals surface area (Å²) in [7, 11) is 3.12. The molecule has 0 unspecified atom stereocenters. The normalized spacial score (nSPS) is 12.8. The molecule has 4 rings (SSSR count). The van der Waals surface area contributed by atoms with Crippen molar-refractivity contribution in [3.05, 3.63) is 71.5 Å². The van der Waals surface area contributed by atoms with Crippen molar-refractivity contribution in [3.8, 4) is 11.5 Å². The molecule has 0 radical (unpaired) electrons. The Balaban J connectivity index is 1.51. The van der Waals surface area contributed by atoms with Crippen molar-refractivity contribution >= 4 is 17.5 Å². The number of fused-ring (bicyclic) bond motifs is 1. The number of nitrogens with zero attached hydrogens (tertiary/aromatic N) is 3. The van der Waals surface area contributed by atoms with E-state index >= 15 is 0 Å². The topological polar surface area (TPSA) is 76.6 Å². The van der Waals surface area contributed by atoms with Crippen molar-refractivity contribution in [2.45, 2.75) is 13.0 Å². The Bertz CT molecular complexity index is 1040. The van der Waals surface area contributed by atoms with Crippen LogP contribution in [-0.4, -0.2) is 36.6 Å². The van der Waals surface area contributed by atoms with E-state index in [4.69, 9.17) is 9.47 Å². The summed E-state index contributed by atoms with van der Waals surface area (Å²) in [6.45, 7) is 1.55. The molecule has 1 aliphatic heterocycles. The highest BCUT2D eigenvalue weighted by molar-refractivity contribution is 6.03. The first kappa shape index (κ1) is 18.7. The molecule has 29 heavy (non-hydrogen) atoms. The van der Waals surface area contributed by atoms with Gasteiger partial charge in [-0.2, -0.15) is 0 Å². The van der Waals surface area contributed by atoms with E-state index in [0.29, 0.717) is 28.8 Å². The molecule has 0 saturated carbocycles. The zero-order valence-electron chi connectivity index (χ0n) is 16.4. The van der Waals surface area contributed by atoms with E-state index in [0.717, 1.165) is 19.5 Å². The average Bonchev–Trinajstić information content (AvgIpc) is 2.78. The molecule has 0 atom stereocenters. The minimum Gasteiger partial charge on any atom is -0.493 e. The molecule has 7 heteroatoms. The predicted octanol–water partition coefficient (Wildman–Crippen LogP) is 3.31. The average molecular weight is 390 g/mol. The Hall–Kier alpha value is -3.61. The predicted molar refractivity (Wildman–Crippen MR) is 111 cm³/mol. The van der Waals surface area contributed by atoms with Gasteiger partial charge in [-0.25, -0.2) is 9.97 Å². The first-order valence-corrected chi connectivity index (χ1v) is 9.36. The van der Waals surface area contributed by atoms with Crippen LogP contribution in [0, 0.1) is 0 Å². The van der Waals surface area contributed by atoms with Gasteiger partial charge in [0.2, 0.25) is 5.95 Å². The lowest BCUT2D eigenvalue weighted by molar-refractivity contribution is 0.102. The van der Waals surface area contributed by atoms with Crippen LogP contribution in [0.15, 0.2) is 54.7 Å². The summed E-state index contributed by atoms with van der Waals surface area (Å²) in [4.78, 5) is 23.7. The highest BCUT2D eigenvalue weighted by Crippen LogP contribution is 2.30. The van der Waals surface area contributed by atoms with Crippen LogP contribution in [-0.2, 0) is 13.0 Å². The highest BCUT2D eigenvalue weighted by atomic mass is 16.5. The maximum absolute atomic E-state index is 12.7. The molecule has 1 amide bonds. The summed E-state index contributed by atoms with van der Waals surface area (Å²) in [5, 5.41) is 2.85. The molecular formula is C22H22N4O3. The second kappa shape index (κ2) is 8.18. The first-order valence-electron chi connectivity index (χ1n) is 9.36. The maximum atomic E-state index is 12.7. The number of amides is 1. The summed E-state index contributed by atoms with van der Waals surface area (Å²) in [6.07, 6.45) is 2.55. The number of carbonyl (C=O) groups is 1. The number of methoxy groups -OCH3 is 2. The number of nitrogens with one attached hydrogen (secondary N) is 1. The van der Waals surface area contributed by atoms with Crippen molar-refractivity contribution in [3.63, 3.8) is 0 Å². The fraction of sp³-hybridized carbons (Fsp3) is 0.227. The number of aromatic nitrogens is 2. The van der Waals surface area contributed by atoms with Gasteiger partial charge < -0.3 is 19.7 Å². The molecule has 7 nitrogen and oxygen atoms in total. The third-order valence-corrected chi connectivity index (χ3v) is 4.93. The molecule has 2 heterocycles. The molecule has 0 spiro atoms. The third-order valence-electron chi connectivity index (χ3n) is 4.93. The summed E-state index contributed by atoms with van der Waals surface area (Å²) in [6, 6.07) is 15.2. The van der Waals surface area contributed by atoms with E-state index in [9.17, 15) is 4.79 Å². The fourth-order valence-corrected chi connectivity index (χ4v) is 3.40. The van der Waals surface area contributed by atoms with Gasteiger partial charge in [0.15, 0.2) is 11.5 Å². The summed E-state index contributed by atoms with van der Waals surface area (Å²) < 4.78 is 10.5. The lowest BCUT2D eigenvalue weighted by Crippen LogP contribution is -2.32. The van der Waals surface area contributed by atoms with Gasteiger partial charge in [0.1, 0.15) is 5.69 Å². The van der Waals surface area contributed by atoms with Crippen LogP contribution in [0.2, 0.25) is 0 Å². The molecule has 0 bridgehead atoms. The van der Waals surface area contributed by atoms with Crippen molar-refractivity contribution in [1.82, 2.24) is 9.97 Å². The van der Waals surface area contributed by atoms with Crippen molar-refractivity contribution < 1.29 is 14.3 Å². The van der Waals surface area contributed by atoms with E-state index in [-0.39, 0.29) is 5.91 Å². The maximum Gasteiger partial charge on any atom is 0.274 e. The van der Waals surface area contributed by atoms with Gasteiger partial charge in [-0.05, 0) is 35.7 Å². The van der Waals surface area contributed by atoms with Crippen LogP contribution in [0.3, 0.4) is 0 Å². The lowest BCUT2D eigenvalue weighted by Gasteiger charge is -2.28. The summed E-state index contributed by atoms with van der Waals surface area (Å²) >= 11 is 0. The number of ether oxygens (including phenoxy) is 2. The quantitative estimate of drug-likeness (QED) is 0.720. The summed E-state index contributed by atoms with van der Waals surface area (Å²) in [5.74, 6) is 1.39.